The topological polar surface area (TPSA) is 38.7 Å². The molecule has 0 heterocycles. The molecule has 10 heavy (non-hydrogen) atoms. The molecule has 0 saturated heterocycles. The van der Waals surface area contributed by atoms with E-state index in [4.69, 9.17) is 14.0 Å². The minimum absolute atomic E-state index is 0.279. The van der Waals surface area contributed by atoms with Crippen LogP contribution in [0.2, 0.25) is 0 Å². The first-order valence-electron chi connectivity index (χ1n) is 3.30. The molecule has 0 saturated carbocycles. The highest BCUT2D eigenvalue weighted by Crippen LogP contribution is 1.99. The van der Waals surface area contributed by atoms with Crippen LogP contribution in [0.25, 0.3) is 0 Å². The summed E-state index contributed by atoms with van der Waals surface area (Å²) in [5.74, 6) is 0. The normalized spacial score (nSPS) is 14.2. The van der Waals surface area contributed by atoms with Gasteiger partial charge in [-0.1, -0.05) is 6.08 Å². The fourth-order valence-corrected chi connectivity index (χ4v) is 0.988. The zero-order chi connectivity index (χ0) is 7.82. The van der Waals surface area contributed by atoms with Gasteiger partial charge in [0, 0.05) is 13.0 Å². The Hall–Kier alpha value is -0.163. The molecule has 60 valence electrons. The highest BCUT2D eigenvalue weighted by Gasteiger charge is 2.03. The Morgan fingerprint density at radius 1 is 1.80 bits per heavy atom. The maximum atomic E-state index is 8.49. The summed E-state index contributed by atoms with van der Waals surface area (Å²) in [6.07, 6.45) is 2.07. The SMILES string of the molecule is C=CCC(OCC)O[SiH2]O. The van der Waals surface area contributed by atoms with Crippen LogP contribution in [-0.4, -0.2) is 27.7 Å². The van der Waals surface area contributed by atoms with Gasteiger partial charge in [-0.05, 0) is 6.92 Å². The third-order valence-electron chi connectivity index (χ3n) is 0.972. The van der Waals surface area contributed by atoms with Crippen LogP contribution in [0.15, 0.2) is 12.7 Å². The van der Waals surface area contributed by atoms with Gasteiger partial charge in [0.2, 0.25) is 0 Å². The second-order valence-electron chi connectivity index (χ2n) is 1.71. The minimum atomic E-state index is -1.35. The lowest BCUT2D eigenvalue weighted by atomic mass is 10.4. The van der Waals surface area contributed by atoms with Crippen LogP contribution < -0.4 is 0 Å². The quantitative estimate of drug-likeness (QED) is 0.338. The van der Waals surface area contributed by atoms with Crippen molar-refractivity contribution < 1.29 is 14.0 Å². The molecule has 1 unspecified atom stereocenters. The lowest BCUT2D eigenvalue weighted by molar-refractivity contribution is -0.0780. The van der Waals surface area contributed by atoms with E-state index in [-0.39, 0.29) is 6.29 Å². The Labute approximate surface area is 63.7 Å². The maximum absolute atomic E-state index is 8.49. The van der Waals surface area contributed by atoms with Crippen molar-refractivity contribution in [1.29, 1.82) is 0 Å². The second kappa shape index (κ2) is 6.95. The van der Waals surface area contributed by atoms with Crippen molar-refractivity contribution in [2.75, 3.05) is 6.61 Å². The van der Waals surface area contributed by atoms with Gasteiger partial charge in [0.1, 0.15) is 0 Å². The standard InChI is InChI=1S/C6H14O3Si/c1-3-5-6(8-4-2)9-10-7/h3,6-7H,1,4-5,10H2,2H3. The first-order chi connectivity index (χ1) is 4.85. The number of hydrogen-bond donors (Lipinski definition) is 1. The predicted molar refractivity (Wildman–Crippen MR) is 42.1 cm³/mol. The third-order valence-corrected chi connectivity index (χ3v) is 1.49. The van der Waals surface area contributed by atoms with Crippen LogP contribution in [0, 0.1) is 0 Å². The molecule has 0 aromatic carbocycles. The fraction of sp³-hybridized carbons (Fsp3) is 0.667. The van der Waals surface area contributed by atoms with E-state index in [9.17, 15) is 0 Å². The molecule has 1 N–H and O–H groups in total. The van der Waals surface area contributed by atoms with E-state index >= 15 is 0 Å². The van der Waals surface area contributed by atoms with Gasteiger partial charge in [-0.3, -0.25) is 0 Å². The van der Waals surface area contributed by atoms with Gasteiger partial charge in [0.15, 0.2) is 6.29 Å². The maximum Gasteiger partial charge on any atom is 0.304 e. The molecule has 0 radical (unpaired) electrons. The number of rotatable bonds is 6. The van der Waals surface area contributed by atoms with Crippen LogP contribution in [-0.2, 0) is 9.16 Å². The lowest BCUT2D eigenvalue weighted by Crippen LogP contribution is -2.18. The minimum Gasteiger partial charge on any atom is -0.415 e. The number of ether oxygens (including phenoxy) is 1. The fourth-order valence-electron chi connectivity index (χ4n) is 0.589. The summed E-state index contributed by atoms with van der Waals surface area (Å²) in [7, 11) is -1.35. The summed E-state index contributed by atoms with van der Waals surface area (Å²) in [5.41, 5.74) is 0. The van der Waals surface area contributed by atoms with E-state index in [1.165, 1.54) is 0 Å². The first-order valence-corrected chi connectivity index (χ1v) is 4.51. The number of hydrogen-bond acceptors (Lipinski definition) is 3. The molecule has 0 aliphatic rings. The highest BCUT2D eigenvalue weighted by molar-refractivity contribution is 6.15. The first kappa shape index (κ1) is 9.84. The van der Waals surface area contributed by atoms with E-state index in [2.05, 4.69) is 6.58 Å². The van der Waals surface area contributed by atoms with E-state index < -0.39 is 10.0 Å². The average Bonchev–Trinajstić information content (AvgIpc) is 1.90. The Morgan fingerprint density at radius 3 is 2.90 bits per heavy atom. The van der Waals surface area contributed by atoms with Crippen molar-refractivity contribution >= 4 is 10.0 Å². The summed E-state index contributed by atoms with van der Waals surface area (Å²) >= 11 is 0. The summed E-state index contributed by atoms with van der Waals surface area (Å²) in [4.78, 5) is 8.49. The summed E-state index contributed by atoms with van der Waals surface area (Å²) in [5, 5.41) is 0. The van der Waals surface area contributed by atoms with Gasteiger partial charge in [0.25, 0.3) is 0 Å². The molecular weight excluding hydrogens is 148 g/mol. The molecule has 1 atom stereocenters. The molecule has 0 aliphatic heterocycles. The molecule has 0 rings (SSSR count). The molecule has 0 fully saturated rings. The summed E-state index contributed by atoms with van der Waals surface area (Å²) in [6, 6.07) is 0. The van der Waals surface area contributed by atoms with Crippen molar-refractivity contribution in [3.8, 4) is 0 Å². The monoisotopic (exact) mass is 162 g/mol. The smallest absolute Gasteiger partial charge is 0.304 e. The zero-order valence-corrected chi connectivity index (χ0v) is 7.66. The van der Waals surface area contributed by atoms with E-state index in [0.717, 1.165) is 0 Å². The van der Waals surface area contributed by atoms with Crippen LogP contribution in [0.5, 0.6) is 0 Å². The van der Waals surface area contributed by atoms with Crippen molar-refractivity contribution in [2.45, 2.75) is 19.6 Å². The highest BCUT2D eigenvalue weighted by atomic mass is 28.2. The molecule has 3 nitrogen and oxygen atoms in total. The summed E-state index contributed by atoms with van der Waals surface area (Å²) < 4.78 is 10.0. The molecule has 0 bridgehead atoms. The van der Waals surface area contributed by atoms with Gasteiger partial charge >= 0.3 is 10.0 Å². The Morgan fingerprint density at radius 2 is 2.50 bits per heavy atom. The van der Waals surface area contributed by atoms with Crippen LogP contribution in [0.3, 0.4) is 0 Å². The van der Waals surface area contributed by atoms with Crippen molar-refractivity contribution in [3.05, 3.63) is 12.7 Å². The lowest BCUT2D eigenvalue weighted by Gasteiger charge is -2.13. The molecule has 4 heteroatoms. The van der Waals surface area contributed by atoms with Crippen LogP contribution in [0.4, 0.5) is 0 Å². The van der Waals surface area contributed by atoms with Crippen LogP contribution in [0.1, 0.15) is 13.3 Å². The zero-order valence-electron chi connectivity index (χ0n) is 6.25. The molecule has 0 spiro atoms. The van der Waals surface area contributed by atoms with Gasteiger partial charge in [-0.2, -0.15) is 0 Å². The molecule has 0 aromatic rings. The van der Waals surface area contributed by atoms with E-state index in [0.29, 0.717) is 13.0 Å². The Balaban J connectivity index is 3.38. The van der Waals surface area contributed by atoms with Crippen molar-refractivity contribution in [1.82, 2.24) is 0 Å². The van der Waals surface area contributed by atoms with Crippen LogP contribution >= 0.6 is 0 Å². The van der Waals surface area contributed by atoms with Gasteiger partial charge in [-0.15, -0.1) is 6.58 Å². The molecule has 0 aromatic heterocycles. The van der Waals surface area contributed by atoms with Gasteiger partial charge < -0.3 is 14.0 Å². The average molecular weight is 162 g/mol. The molecular formula is C6H14O3Si. The largest absolute Gasteiger partial charge is 0.415 e. The van der Waals surface area contributed by atoms with Crippen molar-refractivity contribution in [3.63, 3.8) is 0 Å². The molecule has 0 aliphatic carbocycles. The molecule has 0 amide bonds. The van der Waals surface area contributed by atoms with Gasteiger partial charge in [-0.25, -0.2) is 0 Å². The predicted octanol–water partition coefficient (Wildman–Crippen LogP) is -0.0672. The second-order valence-corrected chi connectivity index (χ2v) is 2.30. The Kier molecular flexibility index (Phi) is 6.84. The van der Waals surface area contributed by atoms with E-state index in [1.807, 2.05) is 6.92 Å². The third kappa shape index (κ3) is 4.69. The van der Waals surface area contributed by atoms with Gasteiger partial charge in [0.05, 0.1) is 0 Å². The van der Waals surface area contributed by atoms with E-state index in [1.54, 1.807) is 6.08 Å². The Bertz CT molecular complexity index is 81.1. The van der Waals surface area contributed by atoms with Crippen molar-refractivity contribution in [2.24, 2.45) is 0 Å². The summed E-state index contributed by atoms with van der Waals surface area (Å²) in [6.45, 7) is 6.03.